The molecule has 0 amide bonds. The zero-order valence-corrected chi connectivity index (χ0v) is 13.7. The minimum atomic E-state index is 0.621. The molecule has 0 fully saturated rings. The fourth-order valence-corrected chi connectivity index (χ4v) is 4.26. The van der Waals surface area contributed by atoms with E-state index in [1.807, 2.05) is 11.3 Å². The van der Waals surface area contributed by atoms with Crippen molar-refractivity contribution in [2.45, 2.75) is 51.0 Å². The summed E-state index contributed by atoms with van der Waals surface area (Å²) in [5, 5.41) is 6.01. The van der Waals surface area contributed by atoms with E-state index < -0.39 is 0 Å². The molecule has 1 heterocycles. The fraction of sp³-hybridized carbons (Fsp3) is 0.474. The summed E-state index contributed by atoms with van der Waals surface area (Å²) in [5.74, 6) is 0.702. The molecule has 1 N–H and O–H groups in total. The summed E-state index contributed by atoms with van der Waals surface area (Å²) in [6.07, 6.45) is 6.23. The van der Waals surface area contributed by atoms with E-state index in [0.29, 0.717) is 12.0 Å². The third kappa shape index (κ3) is 3.56. The molecule has 1 aromatic heterocycles. The van der Waals surface area contributed by atoms with Gasteiger partial charge in [0.05, 0.1) is 0 Å². The van der Waals surface area contributed by atoms with Crippen LogP contribution in [0.3, 0.4) is 0 Å². The van der Waals surface area contributed by atoms with Gasteiger partial charge in [0.2, 0.25) is 0 Å². The Balaban J connectivity index is 1.70. The number of hydrogen-bond donors (Lipinski definition) is 1. The first-order valence-electron chi connectivity index (χ1n) is 8.22. The van der Waals surface area contributed by atoms with Gasteiger partial charge in [-0.1, -0.05) is 37.3 Å². The lowest BCUT2D eigenvalue weighted by Gasteiger charge is -2.26. The number of nitrogens with one attached hydrogen (secondary N) is 1. The van der Waals surface area contributed by atoms with Gasteiger partial charge in [0, 0.05) is 10.9 Å². The zero-order chi connectivity index (χ0) is 14.5. The van der Waals surface area contributed by atoms with E-state index in [1.165, 1.54) is 37.0 Å². The highest BCUT2D eigenvalue weighted by Gasteiger charge is 2.28. The average Bonchev–Trinajstić information content (AvgIpc) is 3.17. The van der Waals surface area contributed by atoms with Crippen molar-refractivity contribution in [1.29, 1.82) is 0 Å². The predicted molar refractivity (Wildman–Crippen MR) is 92.2 cm³/mol. The lowest BCUT2D eigenvalue weighted by atomic mass is 9.90. The van der Waals surface area contributed by atoms with Crippen molar-refractivity contribution < 1.29 is 0 Å². The number of benzene rings is 1. The highest BCUT2D eigenvalue weighted by molar-refractivity contribution is 7.09. The summed E-state index contributed by atoms with van der Waals surface area (Å²) < 4.78 is 0. The maximum absolute atomic E-state index is 3.82. The molecule has 21 heavy (non-hydrogen) atoms. The van der Waals surface area contributed by atoms with Crippen LogP contribution >= 0.6 is 11.3 Å². The zero-order valence-electron chi connectivity index (χ0n) is 12.8. The maximum atomic E-state index is 3.82. The molecule has 0 radical (unpaired) electrons. The van der Waals surface area contributed by atoms with Crippen molar-refractivity contribution in [2.24, 2.45) is 0 Å². The summed E-state index contributed by atoms with van der Waals surface area (Å²) in [6.45, 7) is 3.39. The van der Waals surface area contributed by atoms with Crippen molar-refractivity contribution in [3.63, 3.8) is 0 Å². The molecule has 0 saturated carbocycles. The number of fused-ring (bicyclic) bond motifs is 1. The van der Waals surface area contributed by atoms with Gasteiger partial charge in [-0.2, -0.15) is 0 Å². The molecule has 2 unspecified atom stereocenters. The van der Waals surface area contributed by atoms with Gasteiger partial charge in [0.1, 0.15) is 0 Å². The van der Waals surface area contributed by atoms with Crippen molar-refractivity contribution in [2.75, 3.05) is 6.54 Å². The largest absolute Gasteiger partial charge is 0.313 e. The van der Waals surface area contributed by atoms with Crippen LogP contribution in [0.5, 0.6) is 0 Å². The standard InChI is InChI=1S/C19H25NS/c1-2-13-20-19(12-10-16-7-5-14-21-16)18-11-9-15-6-3-4-8-17(15)18/h3-8,14,18-20H,2,9-13H2,1H3. The third-order valence-electron chi connectivity index (χ3n) is 4.60. The smallest absolute Gasteiger partial charge is 0.0139 e. The predicted octanol–water partition coefficient (Wildman–Crippen LogP) is 4.78. The highest BCUT2D eigenvalue weighted by Crippen LogP contribution is 2.36. The van der Waals surface area contributed by atoms with Crippen LogP contribution in [0.4, 0.5) is 0 Å². The minimum Gasteiger partial charge on any atom is -0.313 e. The Morgan fingerprint density at radius 2 is 2.14 bits per heavy atom. The molecule has 2 aromatic rings. The fourth-order valence-electron chi connectivity index (χ4n) is 3.54. The van der Waals surface area contributed by atoms with Crippen LogP contribution in [0.15, 0.2) is 41.8 Å². The second kappa shape index (κ2) is 7.24. The Morgan fingerprint density at radius 1 is 1.24 bits per heavy atom. The molecule has 3 rings (SSSR count). The number of aryl methyl sites for hydroxylation is 2. The second-order valence-corrected chi connectivity index (χ2v) is 7.05. The second-order valence-electron chi connectivity index (χ2n) is 6.02. The van der Waals surface area contributed by atoms with E-state index in [9.17, 15) is 0 Å². The Morgan fingerprint density at radius 3 is 2.95 bits per heavy atom. The molecule has 1 aliphatic carbocycles. The molecular formula is C19H25NS. The SMILES string of the molecule is CCCNC(CCc1cccs1)C1CCc2ccccc21. The quantitative estimate of drug-likeness (QED) is 0.776. The van der Waals surface area contributed by atoms with Gasteiger partial charge in [-0.15, -0.1) is 11.3 Å². The molecule has 2 atom stereocenters. The van der Waals surface area contributed by atoms with E-state index in [2.05, 4.69) is 54.0 Å². The van der Waals surface area contributed by atoms with Crippen LogP contribution in [0.2, 0.25) is 0 Å². The van der Waals surface area contributed by atoms with Gasteiger partial charge in [0.15, 0.2) is 0 Å². The molecule has 112 valence electrons. The van der Waals surface area contributed by atoms with Crippen LogP contribution in [0, 0.1) is 0 Å². The maximum Gasteiger partial charge on any atom is 0.0139 e. The van der Waals surface area contributed by atoms with E-state index in [1.54, 1.807) is 11.1 Å². The summed E-state index contributed by atoms with van der Waals surface area (Å²) >= 11 is 1.89. The molecule has 2 heteroatoms. The van der Waals surface area contributed by atoms with Crippen LogP contribution in [-0.4, -0.2) is 12.6 Å². The van der Waals surface area contributed by atoms with Gasteiger partial charge in [-0.25, -0.2) is 0 Å². The highest BCUT2D eigenvalue weighted by atomic mass is 32.1. The molecule has 0 saturated heterocycles. The lowest BCUT2D eigenvalue weighted by molar-refractivity contribution is 0.406. The first kappa shape index (κ1) is 14.8. The Bertz CT molecular complexity index is 546. The van der Waals surface area contributed by atoms with E-state index >= 15 is 0 Å². The molecule has 1 nitrogen and oxygen atoms in total. The van der Waals surface area contributed by atoms with Gasteiger partial charge < -0.3 is 5.32 Å². The van der Waals surface area contributed by atoms with Crippen molar-refractivity contribution in [3.8, 4) is 0 Å². The Labute approximate surface area is 132 Å². The van der Waals surface area contributed by atoms with Gasteiger partial charge in [0.25, 0.3) is 0 Å². The summed E-state index contributed by atoms with van der Waals surface area (Å²) in [5.41, 5.74) is 3.17. The van der Waals surface area contributed by atoms with E-state index in [-0.39, 0.29) is 0 Å². The monoisotopic (exact) mass is 299 g/mol. The van der Waals surface area contributed by atoms with E-state index in [0.717, 1.165) is 6.54 Å². The summed E-state index contributed by atoms with van der Waals surface area (Å²) in [4.78, 5) is 1.52. The lowest BCUT2D eigenvalue weighted by Crippen LogP contribution is -2.35. The minimum absolute atomic E-state index is 0.621. The van der Waals surface area contributed by atoms with Crippen molar-refractivity contribution in [1.82, 2.24) is 5.32 Å². The van der Waals surface area contributed by atoms with Gasteiger partial charge >= 0.3 is 0 Å². The van der Waals surface area contributed by atoms with Crippen LogP contribution in [-0.2, 0) is 12.8 Å². The molecule has 0 bridgehead atoms. The topological polar surface area (TPSA) is 12.0 Å². The van der Waals surface area contributed by atoms with Crippen LogP contribution < -0.4 is 5.32 Å². The normalized spacial score (nSPS) is 18.6. The van der Waals surface area contributed by atoms with Gasteiger partial charge in [-0.05, 0) is 67.1 Å². The molecule has 0 spiro atoms. The Kier molecular flexibility index (Phi) is 5.10. The molecule has 0 aliphatic heterocycles. The van der Waals surface area contributed by atoms with Gasteiger partial charge in [-0.3, -0.25) is 0 Å². The molecule has 1 aromatic carbocycles. The summed E-state index contributed by atoms with van der Waals surface area (Å²) in [7, 11) is 0. The molecular weight excluding hydrogens is 274 g/mol. The van der Waals surface area contributed by atoms with Crippen LogP contribution in [0.1, 0.15) is 48.1 Å². The van der Waals surface area contributed by atoms with Crippen molar-refractivity contribution >= 4 is 11.3 Å². The number of hydrogen-bond acceptors (Lipinski definition) is 2. The summed E-state index contributed by atoms with van der Waals surface area (Å²) in [6, 6.07) is 14.1. The van der Waals surface area contributed by atoms with Crippen molar-refractivity contribution in [3.05, 3.63) is 57.8 Å². The Hall–Kier alpha value is -1.12. The number of rotatable bonds is 7. The van der Waals surface area contributed by atoms with E-state index in [4.69, 9.17) is 0 Å². The van der Waals surface area contributed by atoms with Crippen LogP contribution in [0.25, 0.3) is 0 Å². The first-order valence-corrected chi connectivity index (χ1v) is 9.10. The average molecular weight is 299 g/mol. The number of thiophene rings is 1. The third-order valence-corrected chi connectivity index (χ3v) is 5.54. The molecule has 1 aliphatic rings. The first-order chi connectivity index (χ1) is 10.4.